The van der Waals surface area contributed by atoms with Gasteiger partial charge in [0.05, 0.1) is 19.9 Å². The summed E-state index contributed by atoms with van der Waals surface area (Å²) in [6.45, 7) is 1.87. The molecule has 2 heterocycles. The maximum atomic E-state index is 13.2. The molecule has 1 amide bonds. The smallest absolute Gasteiger partial charge is 0.277 e. The van der Waals surface area contributed by atoms with Crippen molar-refractivity contribution < 1.29 is 14.3 Å². The van der Waals surface area contributed by atoms with Crippen LogP contribution in [0.1, 0.15) is 16.2 Å². The van der Waals surface area contributed by atoms with Gasteiger partial charge in [-0.3, -0.25) is 4.79 Å². The van der Waals surface area contributed by atoms with Gasteiger partial charge in [-0.15, -0.1) is 0 Å². The number of aromatic nitrogens is 3. The van der Waals surface area contributed by atoms with E-state index in [0.29, 0.717) is 22.9 Å². The van der Waals surface area contributed by atoms with Gasteiger partial charge in [-0.1, -0.05) is 30.3 Å². The molecule has 7 heteroatoms. The lowest BCUT2D eigenvalue weighted by Gasteiger charge is -2.10. The van der Waals surface area contributed by atoms with Crippen molar-refractivity contribution >= 4 is 11.7 Å². The van der Waals surface area contributed by atoms with Crippen LogP contribution in [-0.4, -0.2) is 34.9 Å². The Morgan fingerprint density at radius 1 is 0.935 bits per heavy atom. The summed E-state index contributed by atoms with van der Waals surface area (Å²) < 4.78 is 12.5. The number of amides is 1. The number of para-hydroxylation sites is 1. The van der Waals surface area contributed by atoms with E-state index in [1.54, 1.807) is 31.0 Å². The molecule has 2 aromatic heterocycles. The van der Waals surface area contributed by atoms with E-state index in [9.17, 15) is 4.79 Å². The molecule has 0 aliphatic rings. The molecule has 0 spiro atoms. The Balaban J connectivity index is 1.79. The second-order valence-electron chi connectivity index (χ2n) is 6.86. The molecule has 0 unspecified atom stereocenters. The molecular weight excluding hydrogens is 392 g/mol. The molecule has 1 N–H and O–H groups in total. The molecule has 7 nitrogen and oxygen atoms in total. The van der Waals surface area contributed by atoms with Gasteiger partial charge in [-0.25, -0.2) is 9.67 Å². The van der Waals surface area contributed by atoms with Gasteiger partial charge in [0.25, 0.3) is 5.91 Å². The van der Waals surface area contributed by atoms with Crippen LogP contribution in [0.5, 0.6) is 11.5 Å². The molecule has 0 aliphatic heterocycles. The molecule has 0 bridgehead atoms. The minimum absolute atomic E-state index is 0.277. The van der Waals surface area contributed by atoms with E-state index in [4.69, 9.17) is 9.47 Å². The zero-order chi connectivity index (χ0) is 21.8. The lowest BCUT2D eigenvalue weighted by molar-refractivity contribution is 0.102. The summed E-state index contributed by atoms with van der Waals surface area (Å²) in [4.78, 5) is 17.5. The maximum Gasteiger partial charge on any atom is 0.277 e. The number of hydrogen-bond donors (Lipinski definition) is 1. The standard InChI is InChI=1S/C24H22N4O3/c1-16-8-7-11-22(25-16)26-24(29)23-19(15-28(27-23)18-9-5-4-6-10-18)17-12-13-20(30-2)21(14-17)31-3/h4-15H,1-3H3,(H,25,26,29). The minimum atomic E-state index is -0.349. The van der Waals surface area contributed by atoms with E-state index in [1.807, 2.05) is 67.7 Å². The summed E-state index contributed by atoms with van der Waals surface area (Å²) in [5, 5.41) is 7.42. The number of nitrogens with zero attached hydrogens (tertiary/aromatic N) is 3. The van der Waals surface area contributed by atoms with Crippen molar-refractivity contribution in [1.82, 2.24) is 14.8 Å². The fourth-order valence-corrected chi connectivity index (χ4v) is 3.26. The third-order valence-corrected chi connectivity index (χ3v) is 4.77. The molecule has 4 aromatic rings. The number of ether oxygens (including phenoxy) is 2. The molecule has 0 atom stereocenters. The van der Waals surface area contributed by atoms with Crippen LogP contribution in [0.25, 0.3) is 16.8 Å². The highest BCUT2D eigenvalue weighted by Crippen LogP contribution is 2.34. The number of carbonyl (C=O) groups excluding carboxylic acids is 1. The Morgan fingerprint density at radius 2 is 1.71 bits per heavy atom. The summed E-state index contributed by atoms with van der Waals surface area (Å²) in [6.07, 6.45) is 1.83. The maximum absolute atomic E-state index is 13.2. The third-order valence-electron chi connectivity index (χ3n) is 4.77. The second kappa shape index (κ2) is 8.71. The molecule has 2 aromatic carbocycles. The number of pyridine rings is 1. The summed E-state index contributed by atoms with van der Waals surface area (Å²) >= 11 is 0. The molecule has 0 fully saturated rings. The topological polar surface area (TPSA) is 78.3 Å². The Hall–Kier alpha value is -4.13. The number of nitrogens with one attached hydrogen (secondary N) is 1. The molecule has 156 valence electrons. The van der Waals surface area contributed by atoms with Crippen molar-refractivity contribution in [3.63, 3.8) is 0 Å². The minimum Gasteiger partial charge on any atom is -0.493 e. The van der Waals surface area contributed by atoms with E-state index < -0.39 is 0 Å². The Kier molecular flexibility index (Phi) is 5.66. The third kappa shape index (κ3) is 4.25. The number of anilines is 1. The number of hydrogen-bond acceptors (Lipinski definition) is 5. The number of benzene rings is 2. The lowest BCUT2D eigenvalue weighted by Crippen LogP contribution is -2.15. The predicted molar refractivity (Wildman–Crippen MR) is 119 cm³/mol. The van der Waals surface area contributed by atoms with Crippen LogP contribution in [-0.2, 0) is 0 Å². The van der Waals surface area contributed by atoms with Crippen LogP contribution in [0.3, 0.4) is 0 Å². The molecule has 4 rings (SSSR count). The summed E-state index contributed by atoms with van der Waals surface area (Å²) in [5.74, 6) is 1.30. The van der Waals surface area contributed by atoms with Crippen molar-refractivity contribution in [2.45, 2.75) is 6.92 Å². The fraction of sp³-hybridized carbons (Fsp3) is 0.125. The van der Waals surface area contributed by atoms with Crippen molar-refractivity contribution in [1.29, 1.82) is 0 Å². The number of carbonyl (C=O) groups is 1. The Labute approximate surface area is 180 Å². The van der Waals surface area contributed by atoms with E-state index >= 15 is 0 Å². The van der Waals surface area contributed by atoms with Crippen LogP contribution in [0.15, 0.2) is 72.9 Å². The van der Waals surface area contributed by atoms with Crippen LogP contribution in [0.4, 0.5) is 5.82 Å². The van der Waals surface area contributed by atoms with Gasteiger partial charge in [0.15, 0.2) is 17.2 Å². The van der Waals surface area contributed by atoms with Gasteiger partial charge >= 0.3 is 0 Å². The molecule has 0 aliphatic carbocycles. The predicted octanol–water partition coefficient (Wildman–Crippen LogP) is 4.51. The zero-order valence-corrected chi connectivity index (χ0v) is 17.5. The van der Waals surface area contributed by atoms with Crippen molar-refractivity contribution in [2.24, 2.45) is 0 Å². The SMILES string of the molecule is COc1ccc(-c2cn(-c3ccccc3)nc2C(=O)Nc2cccc(C)n2)cc1OC. The molecule has 0 saturated heterocycles. The van der Waals surface area contributed by atoms with E-state index in [2.05, 4.69) is 15.4 Å². The average molecular weight is 414 g/mol. The number of aryl methyl sites for hydroxylation is 1. The van der Waals surface area contributed by atoms with Crippen LogP contribution in [0.2, 0.25) is 0 Å². The number of methoxy groups -OCH3 is 2. The summed E-state index contributed by atoms with van der Waals surface area (Å²) in [6, 6.07) is 20.6. The van der Waals surface area contributed by atoms with Crippen molar-refractivity contribution in [2.75, 3.05) is 19.5 Å². The molecular formula is C24H22N4O3. The summed E-state index contributed by atoms with van der Waals surface area (Å²) in [7, 11) is 3.16. The molecule has 0 saturated carbocycles. The van der Waals surface area contributed by atoms with E-state index in [0.717, 1.165) is 16.9 Å². The van der Waals surface area contributed by atoms with Gasteiger partial charge in [-0.05, 0) is 48.9 Å². The first-order chi connectivity index (χ1) is 15.1. The van der Waals surface area contributed by atoms with Gasteiger partial charge < -0.3 is 14.8 Å². The number of rotatable bonds is 6. The quantitative estimate of drug-likeness (QED) is 0.502. The second-order valence-corrected chi connectivity index (χ2v) is 6.86. The highest BCUT2D eigenvalue weighted by atomic mass is 16.5. The van der Waals surface area contributed by atoms with Gasteiger partial charge in [0, 0.05) is 17.5 Å². The Bertz CT molecular complexity index is 1220. The highest BCUT2D eigenvalue weighted by molar-refractivity contribution is 6.07. The van der Waals surface area contributed by atoms with Gasteiger partial charge in [-0.2, -0.15) is 5.10 Å². The summed E-state index contributed by atoms with van der Waals surface area (Å²) in [5.41, 5.74) is 3.38. The van der Waals surface area contributed by atoms with Crippen molar-refractivity contribution in [3.05, 3.63) is 84.3 Å². The Morgan fingerprint density at radius 3 is 2.42 bits per heavy atom. The lowest BCUT2D eigenvalue weighted by atomic mass is 10.1. The first kappa shape index (κ1) is 20.2. The van der Waals surface area contributed by atoms with E-state index in [-0.39, 0.29) is 11.6 Å². The van der Waals surface area contributed by atoms with Crippen LogP contribution < -0.4 is 14.8 Å². The molecule has 0 radical (unpaired) electrons. The highest BCUT2D eigenvalue weighted by Gasteiger charge is 2.21. The first-order valence-electron chi connectivity index (χ1n) is 9.71. The first-order valence-corrected chi connectivity index (χ1v) is 9.71. The van der Waals surface area contributed by atoms with Gasteiger partial charge in [0.2, 0.25) is 0 Å². The fourth-order valence-electron chi connectivity index (χ4n) is 3.26. The molecule has 31 heavy (non-hydrogen) atoms. The normalized spacial score (nSPS) is 10.5. The monoisotopic (exact) mass is 414 g/mol. The largest absolute Gasteiger partial charge is 0.493 e. The van der Waals surface area contributed by atoms with Crippen LogP contribution in [0, 0.1) is 6.92 Å². The zero-order valence-electron chi connectivity index (χ0n) is 17.5. The van der Waals surface area contributed by atoms with Crippen LogP contribution >= 0.6 is 0 Å². The van der Waals surface area contributed by atoms with Crippen molar-refractivity contribution in [3.8, 4) is 28.3 Å². The van der Waals surface area contributed by atoms with E-state index in [1.165, 1.54) is 0 Å². The average Bonchev–Trinajstić information content (AvgIpc) is 3.25. The van der Waals surface area contributed by atoms with Gasteiger partial charge in [0.1, 0.15) is 5.82 Å².